The van der Waals surface area contributed by atoms with E-state index in [4.69, 9.17) is 13.9 Å². The van der Waals surface area contributed by atoms with Crippen LogP contribution in [0.4, 0.5) is 0 Å². The van der Waals surface area contributed by atoms with Gasteiger partial charge in [-0.15, -0.1) is 0 Å². The van der Waals surface area contributed by atoms with Gasteiger partial charge in [0.1, 0.15) is 24.7 Å². The highest BCUT2D eigenvalue weighted by Gasteiger charge is 2.22. The summed E-state index contributed by atoms with van der Waals surface area (Å²) in [7, 11) is 1.79. The summed E-state index contributed by atoms with van der Waals surface area (Å²) in [5.74, 6) is 2.91. The van der Waals surface area contributed by atoms with Crippen LogP contribution in [0.3, 0.4) is 0 Å². The van der Waals surface area contributed by atoms with E-state index < -0.39 is 0 Å². The van der Waals surface area contributed by atoms with Crippen molar-refractivity contribution in [3.05, 3.63) is 46.4 Å². The first-order valence-electron chi connectivity index (χ1n) is 7.68. The molecule has 0 saturated heterocycles. The highest BCUT2D eigenvalue weighted by Crippen LogP contribution is 2.31. The van der Waals surface area contributed by atoms with Crippen LogP contribution in [0.1, 0.15) is 33.0 Å². The Balaban J connectivity index is 1.78. The van der Waals surface area contributed by atoms with Gasteiger partial charge < -0.3 is 18.8 Å². The fourth-order valence-corrected chi connectivity index (χ4v) is 2.83. The molecule has 122 valence electrons. The van der Waals surface area contributed by atoms with E-state index in [1.54, 1.807) is 11.9 Å². The molecule has 1 aromatic heterocycles. The molecule has 0 radical (unpaired) electrons. The minimum absolute atomic E-state index is 0.0354. The Morgan fingerprint density at radius 1 is 1.09 bits per heavy atom. The number of hydrogen-bond donors (Lipinski definition) is 0. The highest BCUT2D eigenvalue weighted by molar-refractivity contribution is 5.96. The van der Waals surface area contributed by atoms with Crippen LogP contribution in [0.5, 0.6) is 11.5 Å². The van der Waals surface area contributed by atoms with Gasteiger partial charge in [-0.25, -0.2) is 0 Å². The summed E-state index contributed by atoms with van der Waals surface area (Å²) in [6.45, 7) is 7.24. The zero-order valence-electron chi connectivity index (χ0n) is 13.9. The Morgan fingerprint density at radius 2 is 1.78 bits per heavy atom. The standard InChI is InChI=1S/C18H21NO4/c1-11-12(2)23-13(3)17(11)18(20)19(4)10-14-5-6-15-16(9-14)22-8-7-21-15/h5-6,9H,7-8,10H2,1-4H3. The minimum Gasteiger partial charge on any atom is -0.486 e. The van der Waals surface area contributed by atoms with E-state index in [2.05, 4.69) is 0 Å². The van der Waals surface area contributed by atoms with Gasteiger partial charge in [-0.2, -0.15) is 0 Å². The molecular weight excluding hydrogens is 294 g/mol. The number of furan rings is 1. The summed E-state index contributed by atoms with van der Waals surface area (Å²) in [6.07, 6.45) is 0. The Kier molecular flexibility index (Phi) is 4.03. The molecule has 1 aliphatic heterocycles. The fourth-order valence-electron chi connectivity index (χ4n) is 2.83. The molecule has 1 aliphatic rings. The van der Waals surface area contributed by atoms with Crippen LogP contribution >= 0.6 is 0 Å². The summed E-state index contributed by atoms with van der Waals surface area (Å²) in [4.78, 5) is 14.4. The highest BCUT2D eigenvalue weighted by atomic mass is 16.6. The molecule has 23 heavy (non-hydrogen) atoms. The summed E-state index contributed by atoms with van der Waals surface area (Å²) in [5.41, 5.74) is 2.56. The van der Waals surface area contributed by atoms with Gasteiger partial charge in [-0.05, 0) is 38.5 Å². The predicted molar refractivity (Wildman–Crippen MR) is 86.1 cm³/mol. The second-order valence-corrected chi connectivity index (χ2v) is 5.85. The van der Waals surface area contributed by atoms with E-state index >= 15 is 0 Å². The van der Waals surface area contributed by atoms with Gasteiger partial charge in [0.25, 0.3) is 5.91 Å². The number of aryl methyl sites for hydroxylation is 2. The van der Waals surface area contributed by atoms with Crippen LogP contribution in [-0.4, -0.2) is 31.1 Å². The molecule has 1 aromatic carbocycles. The van der Waals surface area contributed by atoms with Crippen molar-refractivity contribution in [3.63, 3.8) is 0 Å². The first kappa shape index (κ1) is 15.5. The van der Waals surface area contributed by atoms with Crippen LogP contribution in [0.25, 0.3) is 0 Å². The summed E-state index contributed by atoms with van der Waals surface area (Å²) in [5, 5.41) is 0. The van der Waals surface area contributed by atoms with Gasteiger partial charge in [0.15, 0.2) is 11.5 Å². The van der Waals surface area contributed by atoms with Crippen LogP contribution in [0.2, 0.25) is 0 Å². The topological polar surface area (TPSA) is 51.9 Å². The number of ether oxygens (including phenoxy) is 2. The van der Waals surface area contributed by atoms with E-state index in [1.165, 1.54) is 0 Å². The average molecular weight is 315 g/mol. The average Bonchev–Trinajstić information content (AvgIpc) is 2.79. The molecule has 0 atom stereocenters. The maximum atomic E-state index is 12.7. The zero-order chi connectivity index (χ0) is 16.6. The van der Waals surface area contributed by atoms with E-state index in [-0.39, 0.29) is 5.91 Å². The van der Waals surface area contributed by atoms with Crippen molar-refractivity contribution in [2.24, 2.45) is 0 Å². The van der Waals surface area contributed by atoms with Gasteiger partial charge in [0.05, 0.1) is 5.56 Å². The van der Waals surface area contributed by atoms with Gasteiger partial charge in [-0.3, -0.25) is 4.79 Å². The lowest BCUT2D eigenvalue weighted by atomic mass is 10.1. The lowest BCUT2D eigenvalue weighted by Gasteiger charge is -2.21. The molecule has 0 saturated carbocycles. The Morgan fingerprint density at radius 3 is 2.43 bits per heavy atom. The monoisotopic (exact) mass is 315 g/mol. The van der Waals surface area contributed by atoms with Gasteiger partial charge >= 0.3 is 0 Å². The first-order valence-corrected chi connectivity index (χ1v) is 7.68. The Hall–Kier alpha value is -2.43. The van der Waals surface area contributed by atoms with E-state index in [0.717, 1.165) is 28.4 Å². The van der Waals surface area contributed by atoms with Gasteiger partial charge in [-0.1, -0.05) is 6.07 Å². The molecule has 0 N–H and O–H groups in total. The molecule has 5 heteroatoms. The second-order valence-electron chi connectivity index (χ2n) is 5.85. The number of nitrogens with zero attached hydrogens (tertiary/aromatic N) is 1. The van der Waals surface area contributed by atoms with Crippen LogP contribution in [0, 0.1) is 20.8 Å². The molecule has 0 bridgehead atoms. The Bertz CT molecular complexity index is 748. The molecule has 2 aromatic rings. The van der Waals surface area contributed by atoms with Crippen LogP contribution in [0.15, 0.2) is 22.6 Å². The normalized spacial score (nSPS) is 13.0. The molecule has 1 amide bonds. The van der Waals surface area contributed by atoms with E-state index in [9.17, 15) is 4.79 Å². The first-order chi connectivity index (χ1) is 11.0. The van der Waals surface area contributed by atoms with Crippen molar-refractivity contribution in [1.29, 1.82) is 0 Å². The van der Waals surface area contributed by atoms with Crippen molar-refractivity contribution in [3.8, 4) is 11.5 Å². The van der Waals surface area contributed by atoms with Crippen molar-refractivity contribution in [1.82, 2.24) is 4.90 Å². The summed E-state index contributed by atoms with van der Waals surface area (Å²) < 4.78 is 16.7. The molecule has 0 aliphatic carbocycles. The van der Waals surface area contributed by atoms with Gasteiger partial charge in [0, 0.05) is 19.2 Å². The third-order valence-electron chi connectivity index (χ3n) is 4.15. The predicted octanol–water partition coefficient (Wildman–Crippen LogP) is 3.25. The number of amides is 1. The molecule has 0 unspecified atom stereocenters. The molecular formula is C18H21NO4. The third kappa shape index (κ3) is 2.91. The van der Waals surface area contributed by atoms with E-state index in [1.807, 2.05) is 39.0 Å². The smallest absolute Gasteiger partial charge is 0.257 e. The molecule has 0 spiro atoms. The SMILES string of the molecule is Cc1oc(C)c(C(=O)N(C)Cc2ccc3c(c2)OCCO3)c1C. The minimum atomic E-state index is -0.0354. The maximum Gasteiger partial charge on any atom is 0.257 e. The number of fused-ring (bicyclic) bond motifs is 1. The lowest BCUT2D eigenvalue weighted by Crippen LogP contribution is -2.27. The molecule has 5 nitrogen and oxygen atoms in total. The maximum absolute atomic E-state index is 12.7. The molecule has 0 fully saturated rings. The lowest BCUT2D eigenvalue weighted by molar-refractivity contribution is 0.0782. The molecule has 3 rings (SSSR count). The van der Waals surface area contributed by atoms with Crippen molar-refractivity contribution in [2.75, 3.05) is 20.3 Å². The van der Waals surface area contributed by atoms with Crippen LogP contribution in [-0.2, 0) is 6.54 Å². The van der Waals surface area contributed by atoms with Gasteiger partial charge in [0.2, 0.25) is 0 Å². The number of carbonyl (C=O) groups is 1. The third-order valence-corrected chi connectivity index (χ3v) is 4.15. The largest absolute Gasteiger partial charge is 0.486 e. The summed E-state index contributed by atoms with van der Waals surface area (Å²) >= 11 is 0. The fraction of sp³-hybridized carbons (Fsp3) is 0.389. The number of benzene rings is 1. The number of hydrogen-bond acceptors (Lipinski definition) is 4. The second kappa shape index (κ2) is 5.99. The molecule has 2 heterocycles. The van der Waals surface area contributed by atoms with E-state index in [0.29, 0.717) is 31.1 Å². The van der Waals surface area contributed by atoms with Crippen molar-refractivity contribution < 1.29 is 18.7 Å². The van der Waals surface area contributed by atoms with Crippen molar-refractivity contribution >= 4 is 5.91 Å². The number of rotatable bonds is 3. The van der Waals surface area contributed by atoms with Crippen LogP contribution < -0.4 is 9.47 Å². The summed E-state index contributed by atoms with van der Waals surface area (Å²) in [6, 6.07) is 5.77. The quantitative estimate of drug-likeness (QED) is 0.872. The Labute approximate surface area is 135 Å². The number of carbonyl (C=O) groups excluding carboxylic acids is 1. The van der Waals surface area contributed by atoms with Crippen molar-refractivity contribution in [2.45, 2.75) is 27.3 Å². The zero-order valence-corrected chi connectivity index (χ0v) is 13.9.